The molecule has 2 aromatic carbocycles. The number of hydrogen-bond donors (Lipinski definition) is 2. The fraction of sp³-hybridized carbons (Fsp3) is 0.333. The van der Waals surface area contributed by atoms with Gasteiger partial charge in [0.05, 0.1) is 0 Å². The number of rotatable bonds is 5. The van der Waals surface area contributed by atoms with Crippen LogP contribution in [0.2, 0.25) is 0 Å². The monoisotopic (exact) mass is 355 g/mol. The van der Waals surface area contributed by atoms with Gasteiger partial charge in [0.1, 0.15) is 11.1 Å². The van der Waals surface area contributed by atoms with E-state index in [9.17, 15) is 14.7 Å². The summed E-state index contributed by atoms with van der Waals surface area (Å²) < 4.78 is 5.18. The molecule has 0 aromatic heterocycles. The second-order valence-electron chi connectivity index (χ2n) is 7.50. The molecule has 0 unspecified atom stereocenters. The van der Waals surface area contributed by atoms with E-state index in [2.05, 4.69) is 5.32 Å². The number of carbonyl (C=O) groups excluding carboxylic acids is 1. The predicted octanol–water partition coefficient (Wildman–Crippen LogP) is 4.26. The molecule has 26 heavy (non-hydrogen) atoms. The lowest BCUT2D eigenvalue weighted by molar-refractivity contribution is -0.144. The van der Waals surface area contributed by atoms with Gasteiger partial charge in [-0.25, -0.2) is 9.59 Å². The summed E-state index contributed by atoms with van der Waals surface area (Å²) in [4.78, 5) is 23.8. The minimum atomic E-state index is -1.46. The summed E-state index contributed by atoms with van der Waals surface area (Å²) in [7, 11) is 0. The molecule has 2 aromatic rings. The minimum absolute atomic E-state index is 0.149. The Balaban J connectivity index is 2.14. The summed E-state index contributed by atoms with van der Waals surface area (Å²) in [5.41, 5.74) is 0.793. The van der Waals surface area contributed by atoms with Crippen LogP contribution >= 0.6 is 0 Å². The van der Waals surface area contributed by atoms with Crippen LogP contribution in [0.25, 0.3) is 11.1 Å². The lowest BCUT2D eigenvalue weighted by atomic mass is 9.92. The number of aliphatic carboxylic acids is 1. The van der Waals surface area contributed by atoms with E-state index in [1.807, 2.05) is 54.6 Å². The van der Waals surface area contributed by atoms with Gasteiger partial charge in [0, 0.05) is 6.42 Å². The number of hydrogen-bond acceptors (Lipinski definition) is 3. The summed E-state index contributed by atoms with van der Waals surface area (Å²) in [6.45, 7) is 6.66. The third-order valence-corrected chi connectivity index (χ3v) is 3.87. The Kier molecular flexibility index (Phi) is 5.70. The second kappa shape index (κ2) is 7.60. The lowest BCUT2D eigenvalue weighted by Crippen LogP contribution is -2.54. The van der Waals surface area contributed by atoms with Crippen LogP contribution in [0.3, 0.4) is 0 Å². The molecule has 0 aliphatic heterocycles. The first-order chi connectivity index (χ1) is 12.1. The number of alkyl carbamates (subject to hydrolysis) is 1. The normalized spacial score (nSPS) is 13.5. The molecule has 0 fully saturated rings. The standard InChI is InChI=1S/C21H25NO4/c1-20(2,3)26-19(25)22-21(4,18(23)24)14-15-10-12-17(13-11-15)16-8-6-5-7-9-16/h5-13H,14H2,1-4H3,(H,22,25)(H,23,24)/t21-/m1/s1. The maximum Gasteiger partial charge on any atom is 0.408 e. The average Bonchev–Trinajstić information content (AvgIpc) is 2.54. The van der Waals surface area contributed by atoms with Gasteiger partial charge in [-0.05, 0) is 44.4 Å². The molecular formula is C21H25NO4. The average molecular weight is 355 g/mol. The Hall–Kier alpha value is -2.82. The van der Waals surface area contributed by atoms with E-state index in [1.54, 1.807) is 20.8 Å². The molecule has 5 nitrogen and oxygen atoms in total. The molecule has 0 radical (unpaired) electrons. The highest BCUT2D eigenvalue weighted by Gasteiger charge is 2.36. The summed E-state index contributed by atoms with van der Waals surface area (Å²) in [5, 5.41) is 12.1. The van der Waals surface area contributed by atoms with Gasteiger partial charge in [-0.15, -0.1) is 0 Å². The van der Waals surface area contributed by atoms with Crippen LogP contribution in [0.1, 0.15) is 33.3 Å². The van der Waals surface area contributed by atoms with Crippen molar-refractivity contribution >= 4 is 12.1 Å². The summed E-state index contributed by atoms with van der Waals surface area (Å²) in [6, 6.07) is 17.6. The molecule has 1 atom stereocenters. The quantitative estimate of drug-likeness (QED) is 0.840. The summed E-state index contributed by atoms with van der Waals surface area (Å²) in [5.74, 6) is -1.12. The first-order valence-corrected chi connectivity index (χ1v) is 8.48. The molecule has 1 amide bonds. The maximum absolute atomic E-state index is 12.0. The van der Waals surface area contributed by atoms with Crippen molar-refractivity contribution in [1.82, 2.24) is 5.32 Å². The van der Waals surface area contributed by atoms with Gasteiger partial charge in [0.25, 0.3) is 0 Å². The Morgan fingerprint density at radius 1 is 0.923 bits per heavy atom. The van der Waals surface area contributed by atoms with E-state index in [1.165, 1.54) is 6.92 Å². The molecular weight excluding hydrogens is 330 g/mol. The molecule has 0 spiro atoms. The number of benzene rings is 2. The number of nitrogens with one attached hydrogen (secondary N) is 1. The minimum Gasteiger partial charge on any atom is -0.480 e. The van der Waals surface area contributed by atoms with E-state index in [0.29, 0.717) is 0 Å². The third kappa shape index (κ3) is 5.34. The number of ether oxygens (including phenoxy) is 1. The van der Waals surface area contributed by atoms with Crippen LogP contribution in [0.15, 0.2) is 54.6 Å². The number of amides is 1. The van der Waals surface area contributed by atoms with Crippen LogP contribution in [0.5, 0.6) is 0 Å². The highest BCUT2D eigenvalue weighted by Crippen LogP contribution is 2.22. The zero-order valence-corrected chi connectivity index (χ0v) is 15.6. The Morgan fingerprint density at radius 2 is 1.46 bits per heavy atom. The van der Waals surface area contributed by atoms with Crippen LogP contribution < -0.4 is 5.32 Å². The zero-order valence-electron chi connectivity index (χ0n) is 15.6. The molecule has 0 saturated heterocycles. The Bertz CT molecular complexity index is 763. The van der Waals surface area contributed by atoms with Gasteiger partial charge < -0.3 is 15.2 Å². The summed E-state index contributed by atoms with van der Waals surface area (Å²) in [6.07, 6.45) is -0.597. The SMILES string of the molecule is CC(C)(C)OC(=O)N[C@](C)(Cc1ccc(-c2ccccc2)cc1)C(=O)O. The first-order valence-electron chi connectivity index (χ1n) is 8.48. The Labute approximate surface area is 154 Å². The van der Waals surface area contributed by atoms with Crippen molar-refractivity contribution in [3.63, 3.8) is 0 Å². The summed E-state index contributed by atoms with van der Waals surface area (Å²) >= 11 is 0. The fourth-order valence-electron chi connectivity index (χ4n) is 2.56. The highest BCUT2D eigenvalue weighted by atomic mass is 16.6. The van der Waals surface area contributed by atoms with E-state index in [-0.39, 0.29) is 6.42 Å². The molecule has 138 valence electrons. The molecule has 2 rings (SSSR count). The molecule has 0 bridgehead atoms. The Morgan fingerprint density at radius 3 is 1.96 bits per heavy atom. The van der Waals surface area contributed by atoms with Gasteiger partial charge in [0.2, 0.25) is 0 Å². The lowest BCUT2D eigenvalue weighted by Gasteiger charge is -2.28. The van der Waals surface area contributed by atoms with E-state index < -0.39 is 23.2 Å². The highest BCUT2D eigenvalue weighted by molar-refractivity contribution is 5.84. The van der Waals surface area contributed by atoms with Crippen molar-refractivity contribution in [2.45, 2.75) is 45.3 Å². The molecule has 0 saturated carbocycles. The fourth-order valence-corrected chi connectivity index (χ4v) is 2.56. The number of carbonyl (C=O) groups is 2. The smallest absolute Gasteiger partial charge is 0.408 e. The van der Waals surface area contributed by atoms with E-state index in [4.69, 9.17) is 4.74 Å². The van der Waals surface area contributed by atoms with Crippen molar-refractivity contribution in [2.24, 2.45) is 0 Å². The molecule has 0 heterocycles. The first kappa shape index (κ1) is 19.5. The van der Waals surface area contributed by atoms with Crippen molar-refractivity contribution in [3.8, 4) is 11.1 Å². The number of carboxylic acids is 1. The van der Waals surface area contributed by atoms with Crippen LogP contribution in [-0.4, -0.2) is 28.3 Å². The number of carboxylic acid groups (broad SMARTS) is 1. The molecule has 5 heteroatoms. The van der Waals surface area contributed by atoms with Gasteiger partial charge in [-0.3, -0.25) is 0 Å². The van der Waals surface area contributed by atoms with Gasteiger partial charge in [0.15, 0.2) is 0 Å². The van der Waals surface area contributed by atoms with Crippen molar-refractivity contribution in [3.05, 3.63) is 60.2 Å². The third-order valence-electron chi connectivity index (χ3n) is 3.87. The topological polar surface area (TPSA) is 75.6 Å². The van der Waals surface area contributed by atoms with Crippen molar-refractivity contribution < 1.29 is 19.4 Å². The zero-order chi connectivity index (χ0) is 19.4. The van der Waals surface area contributed by atoms with Crippen LogP contribution in [0.4, 0.5) is 4.79 Å². The van der Waals surface area contributed by atoms with Crippen molar-refractivity contribution in [1.29, 1.82) is 0 Å². The predicted molar refractivity (Wildman–Crippen MR) is 101 cm³/mol. The van der Waals surface area contributed by atoms with Crippen LogP contribution in [-0.2, 0) is 16.0 Å². The van der Waals surface area contributed by atoms with Gasteiger partial charge in [-0.1, -0.05) is 54.6 Å². The van der Waals surface area contributed by atoms with Crippen molar-refractivity contribution in [2.75, 3.05) is 0 Å². The molecule has 2 N–H and O–H groups in total. The molecule has 0 aliphatic rings. The van der Waals surface area contributed by atoms with Gasteiger partial charge >= 0.3 is 12.1 Å². The van der Waals surface area contributed by atoms with E-state index in [0.717, 1.165) is 16.7 Å². The van der Waals surface area contributed by atoms with Gasteiger partial charge in [-0.2, -0.15) is 0 Å². The second-order valence-corrected chi connectivity index (χ2v) is 7.50. The molecule has 0 aliphatic carbocycles. The van der Waals surface area contributed by atoms with E-state index >= 15 is 0 Å². The largest absolute Gasteiger partial charge is 0.480 e. The maximum atomic E-state index is 12.0. The van der Waals surface area contributed by atoms with Crippen LogP contribution in [0, 0.1) is 0 Å².